The highest BCUT2D eigenvalue weighted by Gasteiger charge is 2.28. The Balaban J connectivity index is 0.00000180. The van der Waals surface area contributed by atoms with E-state index in [1.165, 1.54) is 0 Å². The minimum Gasteiger partial charge on any atom is -0.312 e. The van der Waals surface area contributed by atoms with Gasteiger partial charge >= 0.3 is 0 Å². The lowest BCUT2D eigenvalue weighted by Crippen LogP contribution is -2.51. The van der Waals surface area contributed by atoms with Gasteiger partial charge in [-0.2, -0.15) is 4.31 Å². The summed E-state index contributed by atoms with van der Waals surface area (Å²) in [7, 11) is -3.36. The van der Waals surface area contributed by atoms with E-state index in [4.69, 9.17) is 0 Å². The van der Waals surface area contributed by atoms with Crippen LogP contribution in [0.4, 0.5) is 0 Å². The number of halogens is 2. The van der Waals surface area contributed by atoms with E-state index < -0.39 is 10.0 Å². The maximum atomic E-state index is 12.5. The number of rotatable bonds is 2. The fraction of sp³-hybridized carbons (Fsp3) is 0.500. The molecule has 1 aromatic carbocycles. The minimum absolute atomic E-state index is 0. The Bertz CT molecular complexity index is 551. The molecule has 7 heteroatoms. The van der Waals surface area contributed by atoms with Crippen LogP contribution in [0, 0.1) is 6.92 Å². The van der Waals surface area contributed by atoms with Gasteiger partial charge in [-0.1, -0.05) is 15.9 Å². The Labute approximate surface area is 129 Å². The van der Waals surface area contributed by atoms with Crippen LogP contribution in [0.25, 0.3) is 0 Å². The van der Waals surface area contributed by atoms with Crippen molar-refractivity contribution in [2.45, 2.75) is 24.8 Å². The summed E-state index contributed by atoms with van der Waals surface area (Å²) >= 11 is 3.38. The first-order valence-electron chi connectivity index (χ1n) is 5.91. The predicted octanol–water partition coefficient (Wildman–Crippen LogP) is 2.16. The zero-order valence-electron chi connectivity index (χ0n) is 10.9. The second kappa shape index (κ2) is 6.54. The van der Waals surface area contributed by atoms with Crippen molar-refractivity contribution in [3.63, 3.8) is 0 Å². The summed E-state index contributed by atoms with van der Waals surface area (Å²) < 4.78 is 27.4. The molecule has 1 fully saturated rings. The monoisotopic (exact) mass is 368 g/mol. The van der Waals surface area contributed by atoms with E-state index in [-0.39, 0.29) is 18.4 Å². The van der Waals surface area contributed by atoms with Crippen LogP contribution in [-0.2, 0) is 10.0 Å². The molecule has 1 saturated heterocycles. The van der Waals surface area contributed by atoms with E-state index in [1.54, 1.807) is 22.5 Å². The van der Waals surface area contributed by atoms with Crippen LogP contribution in [0.1, 0.15) is 12.5 Å². The molecule has 1 unspecified atom stereocenters. The van der Waals surface area contributed by atoms with Gasteiger partial charge in [0.15, 0.2) is 0 Å². The maximum absolute atomic E-state index is 12.5. The lowest BCUT2D eigenvalue weighted by molar-refractivity contribution is 0.310. The van der Waals surface area contributed by atoms with Crippen LogP contribution in [0.15, 0.2) is 27.6 Å². The summed E-state index contributed by atoms with van der Waals surface area (Å²) in [4.78, 5) is 0.373. The molecule has 1 atom stereocenters. The maximum Gasteiger partial charge on any atom is 0.243 e. The third-order valence-corrected chi connectivity index (χ3v) is 5.85. The molecule has 1 heterocycles. The summed E-state index contributed by atoms with van der Waals surface area (Å²) in [6, 6.07) is 5.35. The second-order valence-corrected chi connectivity index (χ2v) is 7.42. The number of aryl methyl sites for hydroxylation is 1. The molecule has 1 aliphatic rings. The van der Waals surface area contributed by atoms with Gasteiger partial charge in [0.1, 0.15) is 0 Å². The minimum atomic E-state index is -3.36. The number of nitrogens with one attached hydrogen (secondary N) is 1. The van der Waals surface area contributed by atoms with Gasteiger partial charge in [-0.3, -0.25) is 0 Å². The topological polar surface area (TPSA) is 49.4 Å². The molecule has 0 spiro atoms. The number of piperazine rings is 1. The van der Waals surface area contributed by atoms with Crippen molar-refractivity contribution in [2.24, 2.45) is 0 Å². The summed E-state index contributed by atoms with van der Waals surface area (Å²) in [5.41, 5.74) is 0.930. The van der Waals surface area contributed by atoms with Crippen LogP contribution in [0.3, 0.4) is 0 Å². The number of hydrogen-bond donors (Lipinski definition) is 1. The highest BCUT2D eigenvalue weighted by atomic mass is 79.9. The van der Waals surface area contributed by atoms with Crippen molar-refractivity contribution in [1.82, 2.24) is 9.62 Å². The molecular formula is C12H18BrClN2O2S. The zero-order valence-corrected chi connectivity index (χ0v) is 14.1. The van der Waals surface area contributed by atoms with Crippen molar-refractivity contribution < 1.29 is 8.42 Å². The summed E-state index contributed by atoms with van der Waals surface area (Å²) in [6.07, 6.45) is 0. The van der Waals surface area contributed by atoms with Crippen molar-refractivity contribution in [2.75, 3.05) is 19.6 Å². The fourth-order valence-corrected chi connectivity index (χ4v) is 3.90. The number of nitrogens with zero attached hydrogens (tertiary/aromatic N) is 1. The molecule has 0 aliphatic carbocycles. The molecule has 108 valence electrons. The molecule has 0 aromatic heterocycles. The molecule has 0 saturated carbocycles. The summed E-state index contributed by atoms with van der Waals surface area (Å²) in [6.45, 7) is 5.65. The third-order valence-electron chi connectivity index (χ3n) is 3.10. The molecule has 1 N–H and O–H groups in total. The van der Waals surface area contributed by atoms with Crippen LogP contribution in [-0.4, -0.2) is 38.4 Å². The molecule has 1 aliphatic heterocycles. The molecule has 2 rings (SSSR count). The Morgan fingerprint density at radius 2 is 2.11 bits per heavy atom. The molecule has 0 radical (unpaired) electrons. The van der Waals surface area contributed by atoms with E-state index in [1.807, 2.05) is 13.8 Å². The average Bonchev–Trinajstić information content (AvgIpc) is 2.32. The first-order chi connectivity index (χ1) is 8.41. The SMILES string of the molecule is Cc1cc(S(=O)(=O)N2CCNC(C)C2)ccc1Br.Cl. The van der Waals surface area contributed by atoms with Gasteiger partial charge in [0, 0.05) is 30.1 Å². The summed E-state index contributed by atoms with van der Waals surface area (Å²) in [5, 5.41) is 3.24. The van der Waals surface area contributed by atoms with Crippen molar-refractivity contribution >= 4 is 38.4 Å². The van der Waals surface area contributed by atoms with Crippen LogP contribution in [0.2, 0.25) is 0 Å². The average molecular weight is 370 g/mol. The van der Waals surface area contributed by atoms with E-state index >= 15 is 0 Å². The van der Waals surface area contributed by atoms with Crippen LogP contribution < -0.4 is 5.32 Å². The first kappa shape index (κ1) is 16.9. The lowest BCUT2D eigenvalue weighted by Gasteiger charge is -2.31. The molecule has 1 aromatic rings. The molecule has 0 amide bonds. The van der Waals surface area contributed by atoms with Crippen molar-refractivity contribution in [3.05, 3.63) is 28.2 Å². The Morgan fingerprint density at radius 3 is 2.68 bits per heavy atom. The van der Waals surface area contributed by atoms with Gasteiger partial charge in [-0.25, -0.2) is 8.42 Å². The predicted molar refractivity (Wildman–Crippen MR) is 82.4 cm³/mol. The molecule has 0 bridgehead atoms. The second-order valence-electron chi connectivity index (χ2n) is 4.63. The first-order valence-corrected chi connectivity index (χ1v) is 8.14. The quantitative estimate of drug-likeness (QED) is 0.869. The van der Waals surface area contributed by atoms with Gasteiger partial charge in [0.25, 0.3) is 0 Å². The Morgan fingerprint density at radius 1 is 1.42 bits per heavy atom. The largest absolute Gasteiger partial charge is 0.312 e. The van der Waals surface area contributed by atoms with Crippen molar-refractivity contribution in [3.8, 4) is 0 Å². The smallest absolute Gasteiger partial charge is 0.243 e. The highest BCUT2D eigenvalue weighted by Crippen LogP contribution is 2.23. The van der Waals surface area contributed by atoms with E-state index in [0.717, 1.165) is 10.0 Å². The normalized spacial score (nSPS) is 20.9. The van der Waals surface area contributed by atoms with Crippen LogP contribution in [0.5, 0.6) is 0 Å². The van der Waals surface area contributed by atoms with Crippen molar-refractivity contribution in [1.29, 1.82) is 0 Å². The number of sulfonamides is 1. The van der Waals surface area contributed by atoms with E-state index in [2.05, 4.69) is 21.2 Å². The third kappa shape index (κ3) is 3.70. The Hall–Kier alpha value is -0.140. The number of hydrogen-bond acceptors (Lipinski definition) is 3. The standard InChI is InChI=1S/C12H17BrN2O2S.ClH/c1-9-7-11(3-4-12(9)13)18(16,17)15-6-5-14-10(2)8-15;/h3-4,7,10,14H,5-6,8H2,1-2H3;1H. The van der Waals surface area contributed by atoms with Gasteiger partial charge in [-0.15, -0.1) is 12.4 Å². The molecule has 4 nitrogen and oxygen atoms in total. The van der Waals surface area contributed by atoms with E-state index in [9.17, 15) is 8.42 Å². The zero-order chi connectivity index (χ0) is 13.3. The molecule has 19 heavy (non-hydrogen) atoms. The lowest BCUT2D eigenvalue weighted by atomic mass is 10.2. The van der Waals surface area contributed by atoms with Gasteiger partial charge < -0.3 is 5.32 Å². The van der Waals surface area contributed by atoms with Gasteiger partial charge in [0.05, 0.1) is 4.90 Å². The highest BCUT2D eigenvalue weighted by molar-refractivity contribution is 9.10. The van der Waals surface area contributed by atoms with Crippen LogP contribution >= 0.6 is 28.3 Å². The molecular weight excluding hydrogens is 352 g/mol. The van der Waals surface area contributed by atoms with E-state index in [0.29, 0.717) is 24.5 Å². The number of benzene rings is 1. The summed E-state index contributed by atoms with van der Waals surface area (Å²) in [5.74, 6) is 0. The fourth-order valence-electron chi connectivity index (χ4n) is 2.04. The van der Waals surface area contributed by atoms with Gasteiger partial charge in [0.2, 0.25) is 10.0 Å². The van der Waals surface area contributed by atoms with Gasteiger partial charge in [-0.05, 0) is 37.6 Å². The Kier molecular flexibility index (Phi) is 5.82.